The van der Waals surface area contributed by atoms with Gasteiger partial charge in [-0.1, -0.05) is 0 Å². The number of methoxy groups -OCH3 is 1. The lowest BCUT2D eigenvalue weighted by Crippen LogP contribution is -2.18. The number of carbonyl (C=O) groups is 1. The van der Waals surface area contributed by atoms with Crippen LogP contribution < -0.4 is 31.0 Å². The molecular weight excluding hydrogens is 506 g/mol. The first-order chi connectivity index (χ1) is 18.8. The Labute approximate surface area is 221 Å². The number of nitrogens with one attached hydrogen (secondary N) is 3. The average molecular weight is 530 g/mol. The number of amidine groups is 1. The second-order valence-corrected chi connectivity index (χ2v) is 7.96. The van der Waals surface area contributed by atoms with E-state index in [-0.39, 0.29) is 35.5 Å². The highest BCUT2D eigenvalue weighted by Gasteiger charge is 2.23. The van der Waals surface area contributed by atoms with Crippen LogP contribution >= 0.6 is 0 Å². The third-order valence-corrected chi connectivity index (χ3v) is 5.26. The first-order valence-electron chi connectivity index (χ1n) is 11.4. The third kappa shape index (κ3) is 6.17. The molecule has 0 bridgehead atoms. The molecule has 0 spiro atoms. The molecule has 2 heterocycles. The molecule has 4 rings (SSSR count). The minimum absolute atomic E-state index is 0.0652. The van der Waals surface area contributed by atoms with Gasteiger partial charge in [-0.25, -0.2) is 14.8 Å². The summed E-state index contributed by atoms with van der Waals surface area (Å²) in [5.74, 6) is 0.203. The summed E-state index contributed by atoms with van der Waals surface area (Å²) in [6, 6.07) is 12.3. The van der Waals surface area contributed by atoms with Gasteiger partial charge < -0.3 is 25.3 Å². The molecule has 0 aliphatic carbocycles. The molecule has 14 nitrogen and oxygen atoms in total. The van der Waals surface area contributed by atoms with E-state index in [4.69, 9.17) is 30.6 Å². The Morgan fingerprint density at radius 1 is 1.23 bits per heavy atom. The van der Waals surface area contributed by atoms with E-state index in [0.29, 0.717) is 22.7 Å². The van der Waals surface area contributed by atoms with Crippen LogP contribution in [-0.4, -0.2) is 50.3 Å². The van der Waals surface area contributed by atoms with Crippen molar-refractivity contribution in [1.29, 1.82) is 10.7 Å². The molecular formula is C25H23N9O5. The molecule has 0 aliphatic rings. The monoisotopic (exact) mass is 529 g/mol. The van der Waals surface area contributed by atoms with Crippen molar-refractivity contribution in [2.24, 2.45) is 5.73 Å². The lowest BCUT2D eigenvalue weighted by Gasteiger charge is -2.20. The molecule has 0 amide bonds. The van der Waals surface area contributed by atoms with Crippen molar-refractivity contribution in [3.8, 4) is 29.3 Å². The number of anilines is 1. The van der Waals surface area contributed by atoms with Crippen molar-refractivity contribution >= 4 is 17.5 Å². The topological polar surface area (TPSA) is 207 Å². The number of hydrogen-bond donors (Lipinski definition) is 4. The largest absolute Gasteiger partial charge is 0.497 e. The summed E-state index contributed by atoms with van der Waals surface area (Å²) in [6.07, 6.45) is 2.96. The van der Waals surface area contributed by atoms with Crippen LogP contribution in [0, 0.1) is 16.7 Å². The van der Waals surface area contributed by atoms with E-state index in [0.717, 1.165) is 4.68 Å². The fourth-order valence-electron chi connectivity index (χ4n) is 3.63. The van der Waals surface area contributed by atoms with E-state index in [1.807, 2.05) is 6.07 Å². The standard InChI is InChI=1S/C25H23N9O5/c1-14(35)39-20-12-16(4-5-19(20)22(27)28)31-21(15-10-17(37-2)13-18(11-15)38-9-6-26)23-32-25(36)34(33-23)24-29-7-3-8-30-24/h3-5,7-8,10-13,21,31H,9H2,1-2H3,(H3,27,28)(H,32,33,36). The van der Waals surface area contributed by atoms with Crippen LogP contribution in [0.3, 0.4) is 0 Å². The summed E-state index contributed by atoms with van der Waals surface area (Å²) in [4.78, 5) is 35.4. The van der Waals surface area contributed by atoms with Crippen molar-refractivity contribution in [2.45, 2.75) is 13.0 Å². The zero-order chi connectivity index (χ0) is 27.9. The molecule has 0 aliphatic heterocycles. The maximum absolute atomic E-state index is 12.8. The zero-order valence-electron chi connectivity index (χ0n) is 20.8. The number of ether oxygens (including phenoxy) is 3. The van der Waals surface area contributed by atoms with Crippen molar-refractivity contribution in [3.63, 3.8) is 0 Å². The number of nitriles is 1. The van der Waals surface area contributed by atoms with Crippen LogP contribution in [0.4, 0.5) is 5.69 Å². The van der Waals surface area contributed by atoms with Gasteiger partial charge in [-0.15, -0.1) is 9.78 Å². The molecule has 0 saturated carbocycles. The van der Waals surface area contributed by atoms with Gasteiger partial charge in [0.05, 0.1) is 12.7 Å². The van der Waals surface area contributed by atoms with E-state index in [9.17, 15) is 9.59 Å². The summed E-state index contributed by atoms with van der Waals surface area (Å²) in [5, 5.41) is 24.4. The van der Waals surface area contributed by atoms with Gasteiger partial charge in [0, 0.05) is 37.1 Å². The average Bonchev–Trinajstić information content (AvgIpc) is 3.31. The number of benzene rings is 2. The van der Waals surface area contributed by atoms with Crippen LogP contribution in [0.15, 0.2) is 59.7 Å². The first kappa shape index (κ1) is 26.4. The number of aromatic nitrogens is 5. The molecule has 2 aromatic carbocycles. The van der Waals surface area contributed by atoms with Gasteiger partial charge >= 0.3 is 11.7 Å². The Balaban J connectivity index is 1.84. The smallest absolute Gasteiger partial charge is 0.350 e. The van der Waals surface area contributed by atoms with Crippen LogP contribution in [-0.2, 0) is 4.79 Å². The fraction of sp³-hybridized carbons (Fsp3) is 0.160. The quantitative estimate of drug-likeness (QED) is 0.101. The zero-order valence-corrected chi connectivity index (χ0v) is 20.8. The minimum Gasteiger partial charge on any atom is -0.497 e. The van der Waals surface area contributed by atoms with Gasteiger partial charge in [0.2, 0.25) is 0 Å². The van der Waals surface area contributed by atoms with Crippen LogP contribution in [0.5, 0.6) is 17.2 Å². The van der Waals surface area contributed by atoms with E-state index in [1.54, 1.807) is 30.3 Å². The molecule has 0 saturated heterocycles. The van der Waals surface area contributed by atoms with Crippen molar-refractivity contribution in [2.75, 3.05) is 19.0 Å². The molecule has 4 aromatic rings. The maximum atomic E-state index is 12.8. The predicted octanol–water partition coefficient (Wildman–Crippen LogP) is 1.67. The van der Waals surface area contributed by atoms with Crippen molar-refractivity contribution < 1.29 is 19.0 Å². The second-order valence-electron chi connectivity index (χ2n) is 7.96. The minimum atomic E-state index is -0.824. The lowest BCUT2D eigenvalue weighted by atomic mass is 10.0. The molecule has 14 heteroatoms. The summed E-state index contributed by atoms with van der Waals surface area (Å²) in [6.45, 7) is 1.04. The number of nitrogen functional groups attached to an aromatic ring is 1. The first-order valence-corrected chi connectivity index (χ1v) is 11.4. The molecule has 5 N–H and O–H groups in total. The van der Waals surface area contributed by atoms with Crippen molar-refractivity contribution in [3.05, 3.63) is 82.3 Å². The highest BCUT2D eigenvalue weighted by atomic mass is 16.5. The van der Waals surface area contributed by atoms with Gasteiger partial charge in [0.1, 0.15) is 35.2 Å². The molecule has 1 unspecified atom stereocenters. The Hall–Kier alpha value is -5.71. The Kier molecular flexibility index (Phi) is 7.81. The number of nitrogens with zero attached hydrogens (tertiary/aromatic N) is 5. The van der Waals surface area contributed by atoms with E-state index >= 15 is 0 Å². The number of rotatable bonds is 10. The van der Waals surface area contributed by atoms with E-state index in [2.05, 4.69) is 25.4 Å². The molecule has 0 fully saturated rings. The molecule has 2 aromatic heterocycles. The number of esters is 1. The van der Waals surface area contributed by atoms with Gasteiger partial charge in [-0.05, 0) is 35.9 Å². The normalized spacial score (nSPS) is 11.2. The fourth-order valence-corrected chi connectivity index (χ4v) is 3.63. The summed E-state index contributed by atoms with van der Waals surface area (Å²) < 4.78 is 17.2. The summed E-state index contributed by atoms with van der Waals surface area (Å²) >= 11 is 0. The van der Waals surface area contributed by atoms with Crippen LogP contribution in [0.1, 0.15) is 29.9 Å². The number of carbonyl (C=O) groups excluding carboxylic acids is 1. The van der Waals surface area contributed by atoms with Crippen LogP contribution in [0.2, 0.25) is 0 Å². The lowest BCUT2D eigenvalue weighted by molar-refractivity contribution is -0.131. The number of hydrogen-bond acceptors (Lipinski definition) is 11. The van der Waals surface area contributed by atoms with Gasteiger partial charge in [-0.3, -0.25) is 15.2 Å². The van der Waals surface area contributed by atoms with Gasteiger partial charge in [0.25, 0.3) is 5.95 Å². The number of nitrogens with two attached hydrogens (primary N) is 1. The number of H-pyrrole nitrogens is 1. The molecule has 198 valence electrons. The third-order valence-electron chi connectivity index (χ3n) is 5.26. The maximum Gasteiger partial charge on any atom is 0.350 e. The SMILES string of the molecule is COc1cc(OCC#N)cc(C(Nc2ccc(C(=N)N)c(OC(C)=O)c2)c2nn(-c3ncccn3)c(=O)[nH]2)c1. The Morgan fingerprint density at radius 2 is 1.97 bits per heavy atom. The van der Waals surface area contributed by atoms with Gasteiger partial charge in [0.15, 0.2) is 12.4 Å². The predicted molar refractivity (Wildman–Crippen MR) is 138 cm³/mol. The highest BCUT2D eigenvalue weighted by molar-refractivity contribution is 5.98. The van der Waals surface area contributed by atoms with E-state index < -0.39 is 17.7 Å². The highest BCUT2D eigenvalue weighted by Crippen LogP contribution is 2.33. The molecule has 0 radical (unpaired) electrons. The summed E-state index contributed by atoms with van der Waals surface area (Å²) in [5.41, 5.74) is 6.26. The van der Waals surface area contributed by atoms with Crippen LogP contribution in [0.25, 0.3) is 5.95 Å². The molecule has 39 heavy (non-hydrogen) atoms. The Morgan fingerprint density at radius 3 is 2.64 bits per heavy atom. The van der Waals surface area contributed by atoms with Crippen molar-refractivity contribution in [1.82, 2.24) is 24.7 Å². The van der Waals surface area contributed by atoms with Gasteiger partial charge in [-0.2, -0.15) is 5.26 Å². The second kappa shape index (κ2) is 11.6. The Bertz CT molecular complexity index is 1610. The number of aromatic amines is 1. The summed E-state index contributed by atoms with van der Waals surface area (Å²) in [7, 11) is 1.48. The molecule has 1 atom stereocenters. The van der Waals surface area contributed by atoms with E-state index in [1.165, 1.54) is 38.6 Å².